The van der Waals surface area contributed by atoms with Crippen molar-refractivity contribution < 1.29 is 50.1 Å². The Bertz CT molecular complexity index is 1430. The molecule has 2 aromatic carbocycles. The van der Waals surface area contributed by atoms with Gasteiger partial charge >= 0.3 is 12.1 Å². The number of amides is 1. The molecule has 1 saturated heterocycles. The highest BCUT2D eigenvalue weighted by atomic mass is 19.4. The van der Waals surface area contributed by atoms with Gasteiger partial charge in [0.15, 0.2) is 11.6 Å². The van der Waals surface area contributed by atoms with E-state index < -0.39 is 78.6 Å². The van der Waals surface area contributed by atoms with E-state index >= 15 is 0 Å². The number of nitrogens with zero attached hydrogens (tertiary/aromatic N) is 1. The highest BCUT2D eigenvalue weighted by Crippen LogP contribution is 2.31. The summed E-state index contributed by atoms with van der Waals surface area (Å²) in [6.07, 6.45) is -5.65. The van der Waals surface area contributed by atoms with E-state index in [0.29, 0.717) is 11.1 Å². The lowest BCUT2D eigenvalue weighted by atomic mass is 9.85. The van der Waals surface area contributed by atoms with E-state index in [1.54, 1.807) is 6.92 Å². The number of halogens is 6. The fraction of sp³-hybridized carbons (Fsp3) is 0.387. The molecular formula is C31H32F6N4O5. The Morgan fingerprint density at radius 3 is 2.20 bits per heavy atom. The zero-order valence-corrected chi connectivity index (χ0v) is 24.5. The third-order valence-corrected chi connectivity index (χ3v) is 7.26. The molecule has 9 nitrogen and oxygen atoms in total. The standard InChI is InChI=1S/C31H32F6N4O5/c1-17-25(16-44-26(42)10-11-31(35,36)37)40-12-22(46-17)15-45-29-23(34)13-39-14-24(29)41-30(43)28(38)27(18-2-6-20(32)7-3-18)19-4-8-21(33)9-5-19/h2-9,13-14,17,22,25,27-28,40H,10-12,15-16,38H2,1H3,(H,41,43)/t17-,22+,25-,28+/m1/s1. The molecule has 0 bridgehead atoms. The molecule has 4 rings (SSSR count). The first-order valence-corrected chi connectivity index (χ1v) is 14.3. The lowest BCUT2D eigenvalue weighted by Gasteiger charge is -2.35. The van der Waals surface area contributed by atoms with Crippen molar-refractivity contribution in [2.24, 2.45) is 5.73 Å². The van der Waals surface area contributed by atoms with Crippen molar-refractivity contribution in [2.75, 3.05) is 25.1 Å². The Kier molecular flexibility index (Phi) is 11.6. The van der Waals surface area contributed by atoms with Crippen LogP contribution in [0.2, 0.25) is 0 Å². The first-order chi connectivity index (χ1) is 21.8. The summed E-state index contributed by atoms with van der Waals surface area (Å²) in [5.74, 6) is -4.80. The number of carbonyl (C=O) groups is 2. The number of ether oxygens (including phenoxy) is 3. The van der Waals surface area contributed by atoms with Crippen LogP contribution in [-0.2, 0) is 19.1 Å². The van der Waals surface area contributed by atoms with Crippen molar-refractivity contribution in [3.05, 3.63) is 89.5 Å². The fourth-order valence-corrected chi connectivity index (χ4v) is 4.84. The number of carbonyl (C=O) groups excluding carboxylic acids is 2. The number of hydrogen-bond donors (Lipinski definition) is 3. The first kappa shape index (κ1) is 34.7. The smallest absolute Gasteiger partial charge is 0.389 e. The first-order valence-electron chi connectivity index (χ1n) is 14.3. The van der Waals surface area contributed by atoms with Gasteiger partial charge in [-0.15, -0.1) is 0 Å². The molecule has 0 spiro atoms. The van der Waals surface area contributed by atoms with Crippen molar-refractivity contribution in [1.82, 2.24) is 10.3 Å². The number of benzene rings is 2. The second kappa shape index (κ2) is 15.4. The van der Waals surface area contributed by atoms with Crippen molar-refractivity contribution in [2.45, 2.75) is 56.2 Å². The summed E-state index contributed by atoms with van der Waals surface area (Å²) in [4.78, 5) is 28.8. The number of morpholine rings is 1. The minimum absolute atomic E-state index is 0.127. The summed E-state index contributed by atoms with van der Waals surface area (Å²) in [6, 6.07) is 8.84. The van der Waals surface area contributed by atoms with Crippen LogP contribution in [0.3, 0.4) is 0 Å². The maximum atomic E-state index is 14.9. The number of anilines is 1. The van der Waals surface area contributed by atoms with E-state index in [1.165, 1.54) is 54.7 Å². The van der Waals surface area contributed by atoms with Crippen molar-refractivity contribution >= 4 is 17.6 Å². The molecule has 46 heavy (non-hydrogen) atoms. The number of hydrogen-bond acceptors (Lipinski definition) is 8. The minimum atomic E-state index is -4.47. The van der Waals surface area contributed by atoms with Gasteiger partial charge in [0.2, 0.25) is 5.91 Å². The largest absolute Gasteiger partial charge is 0.485 e. The number of rotatable bonds is 12. The quantitative estimate of drug-likeness (QED) is 0.191. The van der Waals surface area contributed by atoms with Gasteiger partial charge in [-0.05, 0) is 42.3 Å². The minimum Gasteiger partial charge on any atom is -0.485 e. The fourth-order valence-electron chi connectivity index (χ4n) is 4.84. The second-order valence-corrected chi connectivity index (χ2v) is 10.7. The summed E-state index contributed by atoms with van der Waals surface area (Å²) in [5.41, 5.74) is 7.21. The molecule has 0 aliphatic carbocycles. The van der Waals surface area contributed by atoms with E-state index in [1.807, 2.05) is 0 Å². The third kappa shape index (κ3) is 9.64. The molecule has 0 unspecified atom stereocenters. The third-order valence-electron chi connectivity index (χ3n) is 7.26. The summed E-state index contributed by atoms with van der Waals surface area (Å²) in [7, 11) is 0. The van der Waals surface area contributed by atoms with Crippen LogP contribution in [0, 0.1) is 17.5 Å². The lowest BCUT2D eigenvalue weighted by molar-refractivity contribution is -0.159. The zero-order valence-electron chi connectivity index (χ0n) is 24.5. The van der Waals surface area contributed by atoms with E-state index in [0.717, 1.165) is 6.20 Å². The average Bonchev–Trinajstić information content (AvgIpc) is 3.01. The maximum absolute atomic E-state index is 14.9. The van der Waals surface area contributed by atoms with Crippen molar-refractivity contribution in [3.63, 3.8) is 0 Å². The maximum Gasteiger partial charge on any atom is 0.389 e. The van der Waals surface area contributed by atoms with Crippen LogP contribution >= 0.6 is 0 Å². The van der Waals surface area contributed by atoms with Gasteiger partial charge in [-0.25, -0.2) is 13.2 Å². The summed E-state index contributed by atoms with van der Waals surface area (Å²) < 4.78 is 95.5. The molecule has 1 fully saturated rings. The van der Waals surface area contributed by atoms with Crippen LogP contribution in [0.5, 0.6) is 5.75 Å². The van der Waals surface area contributed by atoms with Gasteiger partial charge in [0, 0.05) is 12.5 Å². The normalized spacial score (nSPS) is 19.0. The highest BCUT2D eigenvalue weighted by Gasteiger charge is 2.32. The average molecular weight is 655 g/mol. The monoisotopic (exact) mass is 654 g/mol. The molecule has 4 N–H and O–H groups in total. The SMILES string of the molecule is C[C@H]1O[C@H](COc2c(F)cncc2NC(=O)[C@@H](N)C(c2ccc(F)cc2)c2ccc(F)cc2)CN[C@@H]1COC(=O)CCC(F)(F)F. The molecule has 1 aromatic heterocycles. The van der Waals surface area contributed by atoms with Gasteiger partial charge < -0.3 is 30.6 Å². The van der Waals surface area contributed by atoms with Gasteiger partial charge in [0.05, 0.1) is 43.4 Å². The van der Waals surface area contributed by atoms with Gasteiger partial charge in [0.25, 0.3) is 0 Å². The molecular weight excluding hydrogens is 622 g/mol. The Hall–Kier alpha value is -4.21. The van der Waals surface area contributed by atoms with Gasteiger partial charge in [-0.2, -0.15) is 13.2 Å². The van der Waals surface area contributed by atoms with Gasteiger partial charge in [-0.1, -0.05) is 24.3 Å². The van der Waals surface area contributed by atoms with Crippen molar-refractivity contribution in [1.29, 1.82) is 0 Å². The molecule has 1 aliphatic rings. The van der Waals surface area contributed by atoms with Crippen LogP contribution in [0.1, 0.15) is 36.8 Å². The zero-order chi connectivity index (χ0) is 33.4. The number of esters is 1. The Morgan fingerprint density at radius 2 is 1.63 bits per heavy atom. The van der Waals surface area contributed by atoms with Gasteiger partial charge in [0.1, 0.15) is 36.6 Å². The molecule has 2 heterocycles. The van der Waals surface area contributed by atoms with Crippen molar-refractivity contribution in [3.8, 4) is 5.75 Å². The molecule has 15 heteroatoms. The van der Waals surface area contributed by atoms with Crippen LogP contribution in [0.4, 0.5) is 32.0 Å². The Labute approximate surface area is 260 Å². The molecule has 0 saturated carbocycles. The van der Waals surface area contributed by atoms with Crippen LogP contribution in [0.25, 0.3) is 0 Å². The molecule has 1 amide bonds. The number of alkyl halides is 3. The number of nitrogens with one attached hydrogen (secondary N) is 2. The number of nitrogens with two attached hydrogens (primary N) is 1. The summed E-state index contributed by atoms with van der Waals surface area (Å²) >= 11 is 0. The lowest BCUT2D eigenvalue weighted by Crippen LogP contribution is -2.55. The van der Waals surface area contributed by atoms with E-state index in [4.69, 9.17) is 19.9 Å². The molecule has 1 aliphatic heterocycles. The van der Waals surface area contributed by atoms with Crippen LogP contribution in [0.15, 0.2) is 60.9 Å². The van der Waals surface area contributed by atoms with Gasteiger partial charge in [-0.3, -0.25) is 14.6 Å². The van der Waals surface area contributed by atoms with E-state index in [2.05, 4.69) is 15.6 Å². The number of aromatic nitrogens is 1. The highest BCUT2D eigenvalue weighted by molar-refractivity contribution is 5.96. The predicted octanol–water partition coefficient (Wildman–Crippen LogP) is 4.61. The van der Waals surface area contributed by atoms with E-state index in [-0.39, 0.29) is 31.2 Å². The molecule has 3 aromatic rings. The van der Waals surface area contributed by atoms with Crippen LogP contribution < -0.4 is 21.1 Å². The molecule has 0 radical (unpaired) electrons. The molecule has 248 valence electrons. The Morgan fingerprint density at radius 1 is 1.02 bits per heavy atom. The summed E-state index contributed by atoms with van der Waals surface area (Å²) in [5, 5.41) is 5.60. The second-order valence-electron chi connectivity index (χ2n) is 10.7. The number of pyridine rings is 1. The molecule has 4 atom stereocenters. The summed E-state index contributed by atoms with van der Waals surface area (Å²) in [6.45, 7) is 1.44. The van der Waals surface area contributed by atoms with E-state index in [9.17, 15) is 35.9 Å². The topological polar surface area (TPSA) is 125 Å². The predicted molar refractivity (Wildman–Crippen MR) is 153 cm³/mol. The Balaban J connectivity index is 1.38. The van der Waals surface area contributed by atoms with Crippen LogP contribution in [-0.4, -0.2) is 67.1 Å².